The Labute approximate surface area is 287 Å². The number of amides is 3. The first-order chi connectivity index (χ1) is 23.2. The predicted molar refractivity (Wildman–Crippen MR) is 177 cm³/mol. The van der Waals surface area contributed by atoms with Crippen molar-refractivity contribution in [3.05, 3.63) is 0 Å². The summed E-state index contributed by atoms with van der Waals surface area (Å²) in [5, 5.41) is 46.2. The number of hydrogen-bond acceptors (Lipinski definition) is 11. The molecule has 18 heteroatoms. The molecule has 0 radical (unpaired) electrons. The van der Waals surface area contributed by atoms with Crippen LogP contribution in [0, 0.1) is 5.92 Å². The van der Waals surface area contributed by atoms with Crippen molar-refractivity contribution in [3.8, 4) is 0 Å². The van der Waals surface area contributed by atoms with Crippen LogP contribution < -0.4 is 16.0 Å². The lowest BCUT2D eigenvalue weighted by Gasteiger charge is -2.35. The highest BCUT2D eigenvalue weighted by atomic mass is 16.4. The summed E-state index contributed by atoms with van der Waals surface area (Å²) >= 11 is 0. The summed E-state index contributed by atoms with van der Waals surface area (Å²) in [6.07, 6.45) is 1.70. The number of rotatable bonds is 21. The van der Waals surface area contributed by atoms with E-state index in [0.29, 0.717) is 12.5 Å². The van der Waals surface area contributed by atoms with E-state index in [-0.39, 0.29) is 123 Å². The average Bonchev–Trinajstić information content (AvgIpc) is 3.00. The van der Waals surface area contributed by atoms with Gasteiger partial charge in [0.1, 0.15) is 6.04 Å². The minimum atomic E-state index is -1.20. The zero-order chi connectivity index (χ0) is 36.8. The van der Waals surface area contributed by atoms with E-state index in [1.54, 1.807) is 19.6 Å². The number of nitrogens with zero attached hydrogens (tertiary/aromatic N) is 4. The second-order valence-corrected chi connectivity index (χ2v) is 12.5. The molecule has 0 aromatic rings. The standard InChI is InChI=1S/C31H55N7O11/c1-23(2)4-3-9-32-26(40)7-8-27(41)34-11-10-33-25(39)6-5-24(31(48)49)38-18-16-36(21-29(44)45)14-12-35(20-28(42)43)13-15-37(17-19-38)22-30(46)47/h23-24H,3-22H2,1-2H3,(H,32,40)(H,33,39)(H,34,41)(H,42,43)(H,44,45)(H,46,47)(H,48,49). The highest BCUT2D eigenvalue weighted by Gasteiger charge is 2.28. The summed E-state index contributed by atoms with van der Waals surface area (Å²) in [6.45, 7) is 5.27. The highest BCUT2D eigenvalue weighted by Crippen LogP contribution is 2.11. The maximum atomic E-state index is 12.6. The van der Waals surface area contributed by atoms with Gasteiger partial charge in [0.25, 0.3) is 0 Å². The third-order valence-electron chi connectivity index (χ3n) is 7.95. The Morgan fingerprint density at radius 1 is 0.531 bits per heavy atom. The molecule has 1 atom stereocenters. The number of aliphatic carboxylic acids is 4. The van der Waals surface area contributed by atoms with E-state index in [4.69, 9.17) is 0 Å². The molecular weight excluding hydrogens is 646 g/mol. The average molecular weight is 702 g/mol. The Hall–Kier alpha value is -3.87. The first-order valence-electron chi connectivity index (χ1n) is 16.8. The van der Waals surface area contributed by atoms with Crippen LogP contribution in [0.5, 0.6) is 0 Å². The van der Waals surface area contributed by atoms with Gasteiger partial charge in [-0.2, -0.15) is 0 Å². The molecular formula is C31H55N7O11. The predicted octanol–water partition coefficient (Wildman–Crippen LogP) is -1.74. The summed E-state index contributed by atoms with van der Waals surface area (Å²) in [7, 11) is 0. The third-order valence-corrected chi connectivity index (χ3v) is 7.95. The van der Waals surface area contributed by atoms with Gasteiger partial charge in [0, 0.05) is 91.3 Å². The SMILES string of the molecule is CC(C)CCCNC(=O)CCC(=O)NCCNC(=O)CCC(C(=O)O)N1CCN(CC(=O)O)CCN(CC(=O)O)CCN(CC(=O)O)CC1. The molecule has 280 valence electrons. The van der Waals surface area contributed by atoms with Crippen molar-refractivity contribution >= 4 is 41.6 Å². The molecule has 18 nitrogen and oxygen atoms in total. The van der Waals surface area contributed by atoms with Crippen LogP contribution in [0.15, 0.2) is 0 Å². The minimum Gasteiger partial charge on any atom is -0.480 e. The molecule has 1 fully saturated rings. The zero-order valence-corrected chi connectivity index (χ0v) is 28.7. The molecule has 1 aliphatic rings. The number of nitrogens with one attached hydrogen (secondary N) is 3. The van der Waals surface area contributed by atoms with Crippen LogP contribution in [-0.2, 0) is 33.6 Å². The number of carbonyl (C=O) groups excluding carboxylic acids is 3. The van der Waals surface area contributed by atoms with Gasteiger partial charge in [-0.1, -0.05) is 13.8 Å². The molecule has 0 saturated carbocycles. The molecule has 49 heavy (non-hydrogen) atoms. The van der Waals surface area contributed by atoms with Crippen molar-refractivity contribution in [3.63, 3.8) is 0 Å². The molecule has 1 rings (SSSR count). The molecule has 1 aliphatic heterocycles. The molecule has 3 amide bonds. The molecule has 1 heterocycles. The fourth-order valence-electron chi connectivity index (χ4n) is 5.28. The first-order valence-corrected chi connectivity index (χ1v) is 16.8. The van der Waals surface area contributed by atoms with Crippen LogP contribution in [0.3, 0.4) is 0 Å². The lowest BCUT2D eigenvalue weighted by atomic mass is 10.1. The van der Waals surface area contributed by atoms with E-state index in [1.165, 1.54) is 0 Å². The van der Waals surface area contributed by atoms with E-state index >= 15 is 0 Å². The second-order valence-electron chi connectivity index (χ2n) is 12.5. The largest absolute Gasteiger partial charge is 0.480 e. The van der Waals surface area contributed by atoms with Gasteiger partial charge in [0.2, 0.25) is 17.7 Å². The van der Waals surface area contributed by atoms with Gasteiger partial charge >= 0.3 is 23.9 Å². The van der Waals surface area contributed by atoms with Crippen LogP contribution in [0.4, 0.5) is 0 Å². The molecule has 0 aromatic heterocycles. The van der Waals surface area contributed by atoms with Crippen LogP contribution in [0.2, 0.25) is 0 Å². The maximum Gasteiger partial charge on any atom is 0.320 e. The van der Waals surface area contributed by atoms with Crippen LogP contribution in [0.25, 0.3) is 0 Å². The monoisotopic (exact) mass is 701 g/mol. The smallest absolute Gasteiger partial charge is 0.320 e. The van der Waals surface area contributed by atoms with Crippen molar-refractivity contribution < 1.29 is 54.0 Å². The summed E-state index contributed by atoms with van der Waals surface area (Å²) in [5.41, 5.74) is 0. The Kier molecular flexibility index (Phi) is 21.4. The van der Waals surface area contributed by atoms with Crippen molar-refractivity contribution in [1.82, 2.24) is 35.6 Å². The Bertz CT molecular complexity index is 1060. The molecule has 1 saturated heterocycles. The van der Waals surface area contributed by atoms with Gasteiger partial charge in [0.05, 0.1) is 19.6 Å². The Morgan fingerprint density at radius 3 is 1.27 bits per heavy atom. The summed E-state index contributed by atoms with van der Waals surface area (Å²) < 4.78 is 0. The third kappa shape index (κ3) is 21.7. The molecule has 0 aliphatic carbocycles. The normalized spacial score (nSPS) is 16.6. The van der Waals surface area contributed by atoms with Crippen molar-refractivity contribution in [2.24, 2.45) is 5.92 Å². The molecule has 7 N–H and O–H groups in total. The minimum absolute atomic E-state index is 0.00840. The van der Waals surface area contributed by atoms with Crippen LogP contribution in [-0.4, -0.2) is 179 Å². The molecule has 0 aromatic carbocycles. The van der Waals surface area contributed by atoms with Crippen molar-refractivity contribution in [2.45, 2.75) is 58.4 Å². The van der Waals surface area contributed by atoms with Crippen LogP contribution >= 0.6 is 0 Å². The van der Waals surface area contributed by atoms with E-state index in [0.717, 1.165) is 12.8 Å². The van der Waals surface area contributed by atoms with E-state index in [2.05, 4.69) is 29.8 Å². The summed E-state index contributed by atoms with van der Waals surface area (Å²) in [6, 6.07) is -1.13. The lowest BCUT2D eigenvalue weighted by Crippen LogP contribution is -2.52. The van der Waals surface area contributed by atoms with E-state index in [9.17, 15) is 54.0 Å². The summed E-state index contributed by atoms with van der Waals surface area (Å²) in [4.78, 5) is 89.6. The number of hydrogen-bond donors (Lipinski definition) is 7. The van der Waals surface area contributed by atoms with Gasteiger partial charge in [-0.25, -0.2) is 0 Å². The Balaban J connectivity index is 2.72. The van der Waals surface area contributed by atoms with E-state index in [1.807, 2.05) is 0 Å². The topological polar surface area (TPSA) is 249 Å². The molecule has 0 bridgehead atoms. The van der Waals surface area contributed by atoms with Crippen LogP contribution in [0.1, 0.15) is 52.4 Å². The number of carboxylic acids is 4. The highest BCUT2D eigenvalue weighted by molar-refractivity contribution is 5.83. The number of carboxylic acid groups (broad SMARTS) is 4. The van der Waals surface area contributed by atoms with Crippen molar-refractivity contribution in [1.29, 1.82) is 0 Å². The summed E-state index contributed by atoms with van der Waals surface area (Å²) in [5.74, 6) is -4.90. The fourth-order valence-corrected chi connectivity index (χ4v) is 5.28. The maximum absolute atomic E-state index is 12.6. The lowest BCUT2D eigenvalue weighted by molar-refractivity contribution is -0.145. The van der Waals surface area contributed by atoms with E-state index < -0.39 is 35.8 Å². The van der Waals surface area contributed by atoms with Gasteiger partial charge < -0.3 is 36.4 Å². The van der Waals surface area contributed by atoms with Crippen molar-refractivity contribution in [2.75, 3.05) is 91.6 Å². The van der Waals surface area contributed by atoms with Gasteiger partial charge in [-0.15, -0.1) is 0 Å². The van der Waals surface area contributed by atoms with Gasteiger partial charge in [-0.05, 0) is 25.2 Å². The first kappa shape index (κ1) is 43.2. The fraction of sp³-hybridized carbons (Fsp3) is 0.774. The van der Waals surface area contributed by atoms with Gasteiger partial charge in [0.15, 0.2) is 0 Å². The Morgan fingerprint density at radius 2 is 0.898 bits per heavy atom. The zero-order valence-electron chi connectivity index (χ0n) is 28.7. The molecule has 0 spiro atoms. The second kappa shape index (κ2) is 24.3. The number of carbonyl (C=O) groups is 7. The molecule has 1 unspecified atom stereocenters. The van der Waals surface area contributed by atoms with Gasteiger partial charge in [-0.3, -0.25) is 53.2 Å². The quantitative estimate of drug-likeness (QED) is 0.0657.